The monoisotopic (exact) mass is 1110 g/mol. The molecule has 4 aromatic heterocycles. The number of halogens is 5. The standard InChI is InChI=1S/C22H21Cl2N5O4.C19H19Cl2N5O3.C3H3ClO.CH2O3.CH4.Na/c1-4-18(30)27-14-9-33-10-15(14)29-22-26-7-11-5-12(25-8-13(11)28-22)19-20(23)16(31-2)6-17(32-3)21(19)24;1-27-14-4-15(28-2)18(21)16(17(14)20)11-3-9-5-24-19(25-12(9)6-23-11)26-13-8-29-7-10(13)22;1-2-3(4)5;2-1-4-3;;/h4-8,14-15H,1,9-10H2,2-3H3,(H,27,30)(H,26,28,29);3-6,10,13H,7-8,22H2,1-2H3,(H,24,25,26);2H,1H2;1,3H;1H4;/q;;;;;+1/p-1/t14-,15+;10-,13+;;;;/m00..../s1. The SMILES string of the molecule is C.C=CC(=O)Cl.C=CC(=O)N[C@H]1COC[C@H]1Nc1ncc2cc(-c3c(Cl)c(OC)cc(OC)c3Cl)ncc2n1.COc1cc(OC)c(Cl)c(-c2cc3cnc(N[C@@H]4COC[C@@H]4N)nc3cn2)c1Cl.O=CO[O-].[Na+]. The van der Waals surface area contributed by atoms with E-state index in [0.717, 1.165) is 16.8 Å². The van der Waals surface area contributed by atoms with E-state index in [1.54, 1.807) is 43.0 Å². The summed E-state index contributed by atoms with van der Waals surface area (Å²) in [7, 11) is 6.07. The average Bonchev–Trinajstić information content (AvgIpc) is 4.00. The van der Waals surface area contributed by atoms with Crippen molar-refractivity contribution < 1.29 is 82.5 Å². The third kappa shape index (κ3) is 16.0. The van der Waals surface area contributed by atoms with Crippen molar-refractivity contribution in [2.75, 3.05) is 65.5 Å². The van der Waals surface area contributed by atoms with Crippen molar-refractivity contribution in [1.29, 1.82) is 0 Å². The molecule has 2 aromatic carbocycles. The molecule has 2 aliphatic heterocycles. The van der Waals surface area contributed by atoms with Crippen molar-refractivity contribution in [3.8, 4) is 45.5 Å². The van der Waals surface area contributed by atoms with Crippen LogP contribution in [0.5, 0.6) is 23.0 Å². The molecular weight excluding hydrogens is 1070 g/mol. The number of hydrogen-bond acceptors (Lipinski definition) is 20. The first kappa shape index (κ1) is 61.9. The molecule has 0 unspecified atom stereocenters. The number of carbonyl (C=O) groups excluding carboxylic acids is 3. The molecule has 27 heteroatoms. The molecule has 2 aliphatic rings. The number of nitrogens with two attached hydrogens (primary N) is 1. The zero-order valence-corrected chi connectivity index (χ0v) is 44.8. The van der Waals surface area contributed by atoms with Gasteiger partial charge in [0.1, 0.15) is 23.0 Å². The van der Waals surface area contributed by atoms with Crippen LogP contribution in [-0.2, 0) is 28.7 Å². The third-order valence-electron chi connectivity index (χ3n) is 10.1. The fourth-order valence-corrected chi connectivity index (χ4v) is 8.02. The van der Waals surface area contributed by atoms with E-state index >= 15 is 0 Å². The van der Waals surface area contributed by atoms with Gasteiger partial charge in [-0.15, -0.1) is 0 Å². The number of amides is 1. The number of fused-ring (bicyclic) bond motifs is 2. The van der Waals surface area contributed by atoms with Crippen molar-refractivity contribution in [3.63, 3.8) is 0 Å². The van der Waals surface area contributed by atoms with Gasteiger partial charge in [-0.2, -0.15) is 0 Å². The minimum absolute atomic E-state index is 0. The molecule has 73 heavy (non-hydrogen) atoms. The van der Waals surface area contributed by atoms with Crippen LogP contribution in [0.1, 0.15) is 7.43 Å². The van der Waals surface area contributed by atoms with E-state index in [1.807, 2.05) is 6.07 Å². The molecule has 0 bridgehead atoms. The molecule has 1 amide bonds. The summed E-state index contributed by atoms with van der Waals surface area (Å²) in [6.45, 7) is 8.21. The van der Waals surface area contributed by atoms with Crippen LogP contribution < -0.4 is 75.4 Å². The summed E-state index contributed by atoms with van der Waals surface area (Å²) in [6.07, 6.45) is 8.89. The van der Waals surface area contributed by atoms with Crippen molar-refractivity contribution in [3.05, 3.63) is 94.5 Å². The van der Waals surface area contributed by atoms with Gasteiger partial charge in [0.15, 0.2) is 0 Å². The van der Waals surface area contributed by atoms with Crippen LogP contribution in [0, 0.1) is 0 Å². The first-order chi connectivity index (χ1) is 34.1. The minimum atomic E-state index is -0.509. The summed E-state index contributed by atoms with van der Waals surface area (Å²) >= 11 is 30.7. The van der Waals surface area contributed by atoms with Crippen LogP contribution in [0.25, 0.3) is 44.3 Å². The normalized spacial score (nSPS) is 16.2. The second-order valence-electron chi connectivity index (χ2n) is 14.5. The van der Waals surface area contributed by atoms with E-state index in [9.17, 15) is 9.59 Å². The summed E-state index contributed by atoms with van der Waals surface area (Å²) < 4.78 is 32.2. The van der Waals surface area contributed by atoms with Gasteiger partial charge in [0.25, 0.3) is 6.47 Å². The summed E-state index contributed by atoms with van der Waals surface area (Å²) in [5.74, 6) is 2.32. The number of methoxy groups -OCH3 is 4. The van der Waals surface area contributed by atoms with Gasteiger partial charge >= 0.3 is 29.6 Å². The predicted octanol–water partition coefficient (Wildman–Crippen LogP) is 3.66. The Morgan fingerprint density at radius 1 is 0.671 bits per heavy atom. The van der Waals surface area contributed by atoms with Crippen molar-refractivity contribution >= 4 is 109 Å². The minimum Gasteiger partial charge on any atom is -0.662 e. The van der Waals surface area contributed by atoms with Gasteiger partial charge < -0.3 is 60.3 Å². The van der Waals surface area contributed by atoms with Crippen LogP contribution in [0.4, 0.5) is 11.9 Å². The Labute approximate surface area is 466 Å². The topological polar surface area (TPSA) is 278 Å². The van der Waals surface area contributed by atoms with Gasteiger partial charge in [-0.3, -0.25) is 24.4 Å². The van der Waals surface area contributed by atoms with Crippen LogP contribution in [0.2, 0.25) is 20.1 Å². The fourth-order valence-electron chi connectivity index (χ4n) is 6.63. The Bertz CT molecular complexity index is 2840. The number of allylic oxidation sites excluding steroid dienone is 1. The zero-order valence-electron chi connectivity index (χ0n) is 39.0. The summed E-state index contributed by atoms with van der Waals surface area (Å²) in [6, 6.07) is 6.33. The van der Waals surface area contributed by atoms with Crippen LogP contribution in [0.15, 0.2) is 74.4 Å². The number of pyridine rings is 2. The molecular formula is C46H48Cl5N10NaO11. The molecule has 0 aliphatic carbocycles. The van der Waals surface area contributed by atoms with Gasteiger partial charge in [0.2, 0.25) is 23.0 Å². The maximum absolute atomic E-state index is 11.6. The predicted molar refractivity (Wildman–Crippen MR) is 273 cm³/mol. The molecule has 8 rings (SSSR count). The van der Waals surface area contributed by atoms with Gasteiger partial charge in [-0.1, -0.05) is 67.0 Å². The molecule has 0 saturated carbocycles. The Morgan fingerprint density at radius 2 is 1.05 bits per heavy atom. The summed E-state index contributed by atoms with van der Waals surface area (Å²) in [5.41, 5.74) is 9.36. The molecule has 5 N–H and O–H groups in total. The molecule has 384 valence electrons. The largest absolute Gasteiger partial charge is 1.00 e. The van der Waals surface area contributed by atoms with Gasteiger partial charge in [0.05, 0.1) is 134 Å². The average molecular weight is 1120 g/mol. The fraction of sp³-hybridized carbons (Fsp3) is 0.283. The number of rotatable bonds is 14. The number of nitrogens with one attached hydrogen (secondary N) is 3. The maximum atomic E-state index is 11.6. The number of carbonyl (C=O) groups is 3. The Balaban J connectivity index is 0.000000324. The van der Waals surface area contributed by atoms with E-state index < -0.39 is 5.24 Å². The molecule has 6 aromatic rings. The van der Waals surface area contributed by atoms with Crippen molar-refractivity contribution in [1.82, 2.24) is 35.2 Å². The number of anilines is 2. The van der Waals surface area contributed by atoms with E-state index in [1.165, 1.54) is 34.5 Å². The quantitative estimate of drug-likeness (QED) is 0.0302. The van der Waals surface area contributed by atoms with Crippen LogP contribution in [0.3, 0.4) is 0 Å². The number of aromatic nitrogens is 6. The van der Waals surface area contributed by atoms with Gasteiger partial charge in [-0.05, 0) is 35.9 Å². The Morgan fingerprint density at radius 3 is 1.41 bits per heavy atom. The van der Waals surface area contributed by atoms with Crippen LogP contribution in [-0.4, -0.2) is 127 Å². The van der Waals surface area contributed by atoms with Crippen LogP contribution >= 0.6 is 58.0 Å². The summed E-state index contributed by atoms with van der Waals surface area (Å²) in [5, 5.41) is 20.0. The molecule has 2 fully saturated rings. The smallest absolute Gasteiger partial charge is 0.662 e. The van der Waals surface area contributed by atoms with E-state index in [-0.39, 0.29) is 73.5 Å². The first-order valence-electron chi connectivity index (χ1n) is 20.5. The Hall–Kier alpha value is -5.40. The van der Waals surface area contributed by atoms with Crippen molar-refractivity contribution in [2.24, 2.45) is 5.73 Å². The Kier molecular flexibility index (Phi) is 25.5. The second kappa shape index (κ2) is 30.1. The molecule has 4 atom stereocenters. The van der Waals surface area contributed by atoms with E-state index in [2.05, 4.69) is 63.9 Å². The van der Waals surface area contributed by atoms with Crippen molar-refractivity contribution in [2.45, 2.75) is 31.6 Å². The summed E-state index contributed by atoms with van der Waals surface area (Å²) in [4.78, 5) is 59.1. The second-order valence-corrected chi connectivity index (χ2v) is 16.4. The molecule has 21 nitrogen and oxygen atoms in total. The van der Waals surface area contributed by atoms with E-state index in [4.69, 9.17) is 102 Å². The van der Waals surface area contributed by atoms with E-state index in [0.29, 0.717) is 115 Å². The number of nitrogens with zero attached hydrogens (tertiary/aromatic N) is 6. The third-order valence-corrected chi connectivity index (χ3v) is 11.8. The maximum Gasteiger partial charge on any atom is 1.00 e. The molecule has 2 saturated heterocycles. The number of ether oxygens (including phenoxy) is 6. The molecule has 0 radical (unpaired) electrons. The number of benzene rings is 2. The number of hydrogen-bond donors (Lipinski definition) is 4. The van der Waals surface area contributed by atoms with Gasteiger partial charge in [-0.25, -0.2) is 19.9 Å². The zero-order chi connectivity index (χ0) is 51.8. The van der Waals surface area contributed by atoms with Gasteiger partial charge in [0, 0.05) is 46.4 Å². The molecule has 6 heterocycles. The first-order valence-corrected chi connectivity index (χ1v) is 22.4. The molecule has 0 spiro atoms.